The summed E-state index contributed by atoms with van der Waals surface area (Å²) in [5.74, 6) is -4.57. The van der Waals surface area contributed by atoms with Gasteiger partial charge in [-0.25, -0.2) is 8.78 Å². The SMILES string of the molecule is O=C(NC1C=CC(C(=O)O)C1)c1c(F)cc(Br)cc1F. The highest BCUT2D eigenvalue weighted by Gasteiger charge is 2.27. The third-order valence-corrected chi connectivity index (χ3v) is 3.41. The highest BCUT2D eigenvalue weighted by molar-refractivity contribution is 9.10. The molecule has 2 N–H and O–H groups in total. The van der Waals surface area contributed by atoms with E-state index in [0.717, 1.165) is 12.1 Å². The van der Waals surface area contributed by atoms with Crippen LogP contribution in [0.1, 0.15) is 16.8 Å². The van der Waals surface area contributed by atoms with Crippen LogP contribution in [0.2, 0.25) is 0 Å². The van der Waals surface area contributed by atoms with Gasteiger partial charge in [0.05, 0.1) is 5.92 Å². The molecular weight excluding hydrogens is 336 g/mol. The number of carboxylic acid groups (broad SMARTS) is 1. The number of hydrogen-bond acceptors (Lipinski definition) is 2. The fourth-order valence-corrected chi connectivity index (χ4v) is 2.39. The highest BCUT2D eigenvalue weighted by Crippen LogP contribution is 2.21. The Morgan fingerprint density at radius 3 is 2.35 bits per heavy atom. The zero-order chi connectivity index (χ0) is 14.9. The average Bonchev–Trinajstić information content (AvgIpc) is 2.75. The molecule has 1 aromatic carbocycles. The van der Waals surface area contributed by atoms with Crippen LogP contribution < -0.4 is 5.32 Å². The Morgan fingerprint density at radius 2 is 1.85 bits per heavy atom. The monoisotopic (exact) mass is 345 g/mol. The molecule has 0 aliphatic heterocycles. The molecule has 7 heteroatoms. The minimum atomic E-state index is -1.00. The maximum absolute atomic E-state index is 13.6. The smallest absolute Gasteiger partial charge is 0.310 e. The van der Waals surface area contributed by atoms with Gasteiger partial charge in [0.25, 0.3) is 5.91 Å². The van der Waals surface area contributed by atoms with Crippen molar-refractivity contribution in [1.29, 1.82) is 0 Å². The molecule has 1 amide bonds. The van der Waals surface area contributed by atoms with Gasteiger partial charge in [-0.1, -0.05) is 28.1 Å². The summed E-state index contributed by atoms with van der Waals surface area (Å²) in [6.45, 7) is 0. The van der Waals surface area contributed by atoms with Crippen LogP contribution in [0.3, 0.4) is 0 Å². The van der Waals surface area contributed by atoms with Gasteiger partial charge in [-0.3, -0.25) is 9.59 Å². The fraction of sp³-hybridized carbons (Fsp3) is 0.231. The summed E-state index contributed by atoms with van der Waals surface area (Å²) in [6.07, 6.45) is 3.12. The Hall–Kier alpha value is -1.76. The molecule has 0 spiro atoms. The van der Waals surface area contributed by atoms with Gasteiger partial charge in [-0.15, -0.1) is 0 Å². The van der Waals surface area contributed by atoms with Crippen LogP contribution in [-0.4, -0.2) is 23.0 Å². The second kappa shape index (κ2) is 5.70. The predicted molar refractivity (Wildman–Crippen MR) is 70.2 cm³/mol. The quantitative estimate of drug-likeness (QED) is 0.827. The molecule has 1 aromatic rings. The minimum Gasteiger partial charge on any atom is -0.481 e. The zero-order valence-electron chi connectivity index (χ0n) is 10.1. The number of rotatable bonds is 3. The number of carbonyl (C=O) groups is 2. The molecule has 0 radical (unpaired) electrons. The zero-order valence-corrected chi connectivity index (χ0v) is 11.7. The van der Waals surface area contributed by atoms with Gasteiger partial charge < -0.3 is 10.4 Å². The van der Waals surface area contributed by atoms with Gasteiger partial charge >= 0.3 is 5.97 Å². The summed E-state index contributed by atoms with van der Waals surface area (Å²) < 4.78 is 27.4. The molecule has 20 heavy (non-hydrogen) atoms. The molecular formula is C13H10BrF2NO3. The van der Waals surface area contributed by atoms with Crippen molar-refractivity contribution >= 4 is 27.8 Å². The summed E-state index contributed by atoms with van der Waals surface area (Å²) in [4.78, 5) is 22.6. The van der Waals surface area contributed by atoms with E-state index in [1.807, 2.05) is 0 Å². The molecule has 0 saturated heterocycles. The van der Waals surface area contributed by atoms with E-state index >= 15 is 0 Å². The molecule has 0 aromatic heterocycles. The Morgan fingerprint density at radius 1 is 1.25 bits per heavy atom. The lowest BCUT2D eigenvalue weighted by Gasteiger charge is -2.13. The van der Waals surface area contributed by atoms with E-state index in [-0.39, 0.29) is 10.9 Å². The van der Waals surface area contributed by atoms with Crippen molar-refractivity contribution in [3.8, 4) is 0 Å². The average molecular weight is 346 g/mol. The van der Waals surface area contributed by atoms with Crippen LogP contribution in [0.5, 0.6) is 0 Å². The van der Waals surface area contributed by atoms with Gasteiger partial charge in [-0.2, -0.15) is 0 Å². The summed E-state index contributed by atoms with van der Waals surface area (Å²) in [5.41, 5.74) is -0.680. The molecule has 0 bridgehead atoms. The van der Waals surface area contributed by atoms with Crippen molar-refractivity contribution in [2.45, 2.75) is 12.5 Å². The van der Waals surface area contributed by atoms with Crippen molar-refractivity contribution in [1.82, 2.24) is 5.32 Å². The second-order valence-corrected chi connectivity index (χ2v) is 5.31. The van der Waals surface area contributed by atoms with Crippen LogP contribution in [0.15, 0.2) is 28.8 Å². The number of amides is 1. The molecule has 2 atom stereocenters. The maximum Gasteiger partial charge on any atom is 0.310 e. The maximum atomic E-state index is 13.6. The second-order valence-electron chi connectivity index (χ2n) is 4.39. The van der Waals surface area contributed by atoms with Gasteiger partial charge in [-0.05, 0) is 18.6 Å². The summed E-state index contributed by atoms with van der Waals surface area (Å²) >= 11 is 2.92. The number of carbonyl (C=O) groups excluding carboxylic acids is 1. The van der Waals surface area contributed by atoms with Gasteiger partial charge in [0.1, 0.15) is 17.2 Å². The van der Waals surface area contributed by atoms with Gasteiger partial charge in [0, 0.05) is 10.5 Å². The van der Waals surface area contributed by atoms with Crippen LogP contribution >= 0.6 is 15.9 Å². The highest BCUT2D eigenvalue weighted by atomic mass is 79.9. The topological polar surface area (TPSA) is 66.4 Å². The first-order chi connectivity index (χ1) is 9.38. The standard InChI is InChI=1S/C13H10BrF2NO3/c14-7-4-9(15)11(10(16)5-7)12(18)17-8-2-1-6(3-8)13(19)20/h1-2,4-6,8H,3H2,(H,17,18)(H,19,20). The van der Waals surface area contributed by atoms with Crippen molar-refractivity contribution < 1.29 is 23.5 Å². The Balaban J connectivity index is 2.11. The predicted octanol–water partition coefficient (Wildman–Crippen LogP) is 2.49. The molecule has 2 unspecified atom stereocenters. The van der Waals surface area contributed by atoms with Crippen LogP contribution in [-0.2, 0) is 4.79 Å². The number of nitrogens with one attached hydrogen (secondary N) is 1. The summed E-state index contributed by atoms with van der Waals surface area (Å²) in [6, 6.07) is 1.43. The number of benzene rings is 1. The number of hydrogen-bond donors (Lipinski definition) is 2. The first-order valence-electron chi connectivity index (χ1n) is 5.75. The van der Waals surface area contributed by atoms with E-state index in [1.54, 1.807) is 0 Å². The third-order valence-electron chi connectivity index (χ3n) is 2.95. The largest absolute Gasteiger partial charge is 0.481 e. The lowest BCUT2D eigenvalue weighted by Crippen LogP contribution is -2.34. The van der Waals surface area contributed by atoms with Gasteiger partial charge in [0.2, 0.25) is 0 Å². The lowest BCUT2D eigenvalue weighted by molar-refractivity contribution is -0.140. The van der Waals surface area contributed by atoms with E-state index in [9.17, 15) is 18.4 Å². The molecule has 0 saturated carbocycles. The molecule has 1 aliphatic rings. The lowest BCUT2D eigenvalue weighted by atomic mass is 10.1. The molecule has 2 rings (SSSR count). The van der Waals surface area contributed by atoms with Crippen LogP contribution in [0, 0.1) is 17.6 Å². The fourth-order valence-electron chi connectivity index (χ4n) is 1.99. The molecule has 106 valence electrons. The molecule has 0 heterocycles. The summed E-state index contributed by atoms with van der Waals surface area (Å²) in [5, 5.41) is 11.2. The van der Waals surface area contributed by atoms with Gasteiger partial charge in [0.15, 0.2) is 0 Å². The van der Waals surface area contributed by atoms with E-state index < -0.39 is 41.0 Å². The molecule has 0 fully saturated rings. The van der Waals surface area contributed by atoms with Crippen LogP contribution in [0.25, 0.3) is 0 Å². The number of carboxylic acids is 1. The first kappa shape index (κ1) is 14.6. The summed E-state index contributed by atoms with van der Waals surface area (Å²) in [7, 11) is 0. The van der Waals surface area contributed by atoms with E-state index in [0.29, 0.717) is 0 Å². The van der Waals surface area contributed by atoms with E-state index in [1.165, 1.54) is 12.2 Å². The van der Waals surface area contributed by atoms with Crippen LogP contribution in [0.4, 0.5) is 8.78 Å². The Bertz CT molecular complexity index is 580. The molecule has 4 nitrogen and oxygen atoms in total. The minimum absolute atomic E-state index is 0.167. The van der Waals surface area contributed by atoms with Crippen molar-refractivity contribution in [2.24, 2.45) is 5.92 Å². The molecule has 1 aliphatic carbocycles. The van der Waals surface area contributed by atoms with E-state index in [2.05, 4.69) is 21.2 Å². The normalized spacial score (nSPS) is 20.9. The Kier molecular flexibility index (Phi) is 4.17. The van der Waals surface area contributed by atoms with Crippen molar-refractivity contribution in [2.75, 3.05) is 0 Å². The number of halogens is 3. The van der Waals surface area contributed by atoms with E-state index in [4.69, 9.17) is 5.11 Å². The third kappa shape index (κ3) is 3.04. The first-order valence-corrected chi connectivity index (χ1v) is 6.54. The Labute approximate surface area is 121 Å². The van der Waals surface area contributed by atoms with Crippen molar-refractivity contribution in [3.63, 3.8) is 0 Å². The number of aliphatic carboxylic acids is 1. The van der Waals surface area contributed by atoms with Crippen molar-refractivity contribution in [3.05, 3.63) is 46.0 Å².